The molecule has 2 atom stereocenters. The number of hydrogen-bond donors (Lipinski definition) is 1. The van der Waals surface area contributed by atoms with E-state index < -0.39 is 0 Å². The molecule has 0 saturated carbocycles. The summed E-state index contributed by atoms with van der Waals surface area (Å²) in [5, 5.41) is 6.69. The molecule has 2 rings (SSSR count). The van der Waals surface area contributed by atoms with Crippen molar-refractivity contribution >= 4 is 11.3 Å². The first kappa shape index (κ1) is 11.0. The van der Waals surface area contributed by atoms with E-state index in [1.54, 1.807) is 11.3 Å². The van der Waals surface area contributed by atoms with E-state index in [2.05, 4.69) is 34.6 Å². The highest BCUT2D eigenvalue weighted by atomic mass is 32.1. The van der Waals surface area contributed by atoms with Gasteiger partial charge in [0.1, 0.15) is 5.01 Å². The molecular weight excluding hydrogens is 206 g/mol. The molecule has 0 spiro atoms. The van der Waals surface area contributed by atoms with Gasteiger partial charge in [0.15, 0.2) is 0 Å². The van der Waals surface area contributed by atoms with Crippen LogP contribution in [0.2, 0.25) is 0 Å². The second-order valence-corrected chi connectivity index (χ2v) is 5.27. The summed E-state index contributed by atoms with van der Waals surface area (Å²) in [5.74, 6) is 0.817. The number of thiazole rings is 1. The third-order valence-electron chi connectivity index (χ3n) is 3.18. The summed E-state index contributed by atoms with van der Waals surface area (Å²) in [6, 6.07) is 0.450. The molecule has 0 bridgehead atoms. The lowest BCUT2D eigenvalue weighted by molar-refractivity contribution is 0.226. The lowest BCUT2D eigenvalue weighted by Crippen LogP contribution is -2.29. The quantitative estimate of drug-likeness (QED) is 0.846. The summed E-state index contributed by atoms with van der Waals surface area (Å²) in [6.45, 7) is 5.77. The summed E-state index contributed by atoms with van der Waals surface area (Å²) in [5.41, 5.74) is 0. The minimum atomic E-state index is 0.450. The van der Waals surface area contributed by atoms with Crippen LogP contribution in [0.1, 0.15) is 24.4 Å². The number of aromatic nitrogens is 1. The van der Waals surface area contributed by atoms with Gasteiger partial charge in [-0.3, -0.25) is 4.90 Å². The topological polar surface area (TPSA) is 28.2 Å². The van der Waals surface area contributed by atoms with Crippen molar-refractivity contribution in [2.45, 2.75) is 19.4 Å². The second-order valence-electron chi connectivity index (χ2n) is 4.34. The van der Waals surface area contributed by atoms with Gasteiger partial charge in [0.25, 0.3) is 0 Å². The SMILES string of the molecule is C[C@@H](c1nccs1)N(C)C[C@H]1CCNC1. The van der Waals surface area contributed by atoms with Gasteiger partial charge in [-0.15, -0.1) is 11.3 Å². The second kappa shape index (κ2) is 5.05. The Labute approximate surface area is 95.5 Å². The van der Waals surface area contributed by atoms with E-state index in [1.807, 2.05) is 6.20 Å². The van der Waals surface area contributed by atoms with E-state index >= 15 is 0 Å². The van der Waals surface area contributed by atoms with Gasteiger partial charge in [0, 0.05) is 18.1 Å². The highest BCUT2D eigenvalue weighted by Gasteiger charge is 2.20. The van der Waals surface area contributed by atoms with Gasteiger partial charge >= 0.3 is 0 Å². The molecule has 1 aromatic rings. The van der Waals surface area contributed by atoms with E-state index in [1.165, 1.54) is 31.1 Å². The highest BCUT2D eigenvalue weighted by molar-refractivity contribution is 7.09. The largest absolute Gasteiger partial charge is 0.316 e. The number of hydrogen-bond acceptors (Lipinski definition) is 4. The normalized spacial score (nSPS) is 23.5. The van der Waals surface area contributed by atoms with Gasteiger partial charge in [-0.2, -0.15) is 0 Å². The molecule has 1 saturated heterocycles. The fraction of sp³-hybridized carbons (Fsp3) is 0.727. The zero-order chi connectivity index (χ0) is 10.7. The molecule has 3 nitrogen and oxygen atoms in total. The van der Waals surface area contributed by atoms with Crippen LogP contribution in [-0.4, -0.2) is 36.6 Å². The van der Waals surface area contributed by atoms with Gasteiger partial charge in [0.05, 0.1) is 6.04 Å². The minimum Gasteiger partial charge on any atom is -0.316 e. The maximum atomic E-state index is 4.37. The average molecular weight is 225 g/mol. The maximum Gasteiger partial charge on any atom is 0.109 e. The molecule has 1 aromatic heterocycles. The fourth-order valence-corrected chi connectivity index (χ4v) is 2.82. The molecular formula is C11H19N3S. The van der Waals surface area contributed by atoms with Crippen molar-refractivity contribution in [2.75, 3.05) is 26.7 Å². The lowest BCUT2D eigenvalue weighted by Gasteiger charge is -2.25. The Bertz CT molecular complexity index is 280. The Morgan fingerprint density at radius 2 is 2.60 bits per heavy atom. The summed E-state index contributed by atoms with van der Waals surface area (Å²) in [7, 11) is 2.20. The summed E-state index contributed by atoms with van der Waals surface area (Å²) in [6.07, 6.45) is 3.20. The third kappa shape index (κ3) is 2.77. The molecule has 15 heavy (non-hydrogen) atoms. The predicted molar refractivity (Wildman–Crippen MR) is 64.1 cm³/mol. The molecule has 84 valence electrons. The fourth-order valence-electron chi connectivity index (χ4n) is 2.06. The van der Waals surface area contributed by atoms with Crippen LogP contribution in [-0.2, 0) is 0 Å². The van der Waals surface area contributed by atoms with E-state index in [0.717, 1.165) is 5.92 Å². The van der Waals surface area contributed by atoms with Crippen LogP contribution >= 0.6 is 11.3 Å². The Kier molecular flexibility index (Phi) is 3.72. The Morgan fingerprint density at radius 3 is 3.20 bits per heavy atom. The van der Waals surface area contributed by atoms with Crippen molar-refractivity contribution in [2.24, 2.45) is 5.92 Å². The molecule has 0 aliphatic carbocycles. The Morgan fingerprint density at radius 1 is 1.73 bits per heavy atom. The first-order chi connectivity index (χ1) is 7.27. The van der Waals surface area contributed by atoms with Crippen molar-refractivity contribution in [3.05, 3.63) is 16.6 Å². The first-order valence-electron chi connectivity index (χ1n) is 5.57. The van der Waals surface area contributed by atoms with Crippen LogP contribution in [0, 0.1) is 5.92 Å². The van der Waals surface area contributed by atoms with E-state index in [9.17, 15) is 0 Å². The summed E-state index contributed by atoms with van der Waals surface area (Å²) >= 11 is 1.75. The van der Waals surface area contributed by atoms with Crippen LogP contribution in [0.4, 0.5) is 0 Å². The van der Waals surface area contributed by atoms with E-state index in [-0.39, 0.29) is 0 Å². The monoisotopic (exact) mass is 225 g/mol. The minimum absolute atomic E-state index is 0.450. The van der Waals surface area contributed by atoms with Crippen LogP contribution in [0.5, 0.6) is 0 Å². The first-order valence-corrected chi connectivity index (χ1v) is 6.45. The van der Waals surface area contributed by atoms with Gasteiger partial charge in [0.2, 0.25) is 0 Å². The Hall–Kier alpha value is -0.450. The van der Waals surface area contributed by atoms with Gasteiger partial charge < -0.3 is 5.32 Å². The van der Waals surface area contributed by atoms with Crippen molar-refractivity contribution in [1.29, 1.82) is 0 Å². The molecule has 1 aliphatic heterocycles. The summed E-state index contributed by atoms with van der Waals surface area (Å²) < 4.78 is 0. The molecule has 1 fully saturated rings. The molecule has 0 unspecified atom stereocenters. The smallest absolute Gasteiger partial charge is 0.109 e. The molecule has 4 heteroatoms. The zero-order valence-corrected chi connectivity index (χ0v) is 10.3. The summed E-state index contributed by atoms with van der Waals surface area (Å²) in [4.78, 5) is 6.79. The van der Waals surface area contributed by atoms with Crippen molar-refractivity contribution in [1.82, 2.24) is 15.2 Å². The third-order valence-corrected chi connectivity index (χ3v) is 4.12. The zero-order valence-electron chi connectivity index (χ0n) is 9.44. The average Bonchev–Trinajstić information content (AvgIpc) is 2.88. The number of nitrogens with zero attached hydrogens (tertiary/aromatic N) is 2. The lowest BCUT2D eigenvalue weighted by atomic mass is 10.1. The van der Waals surface area contributed by atoms with E-state index in [0.29, 0.717) is 6.04 Å². The highest BCUT2D eigenvalue weighted by Crippen LogP contribution is 2.22. The van der Waals surface area contributed by atoms with E-state index in [4.69, 9.17) is 0 Å². The standard InChI is InChI=1S/C11H19N3S/c1-9(11-13-5-6-15-11)14(2)8-10-3-4-12-7-10/h5-6,9-10,12H,3-4,7-8H2,1-2H3/t9-,10-/m0/s1. The molecule has 0 amide bonds. The predicted octanol–water partition coefficient (Wildman–Crippen LogP) is 1.75. The molecule has 2 heterocycles. The van der Waals surface area contributed by atoms with Crippen LogP contribution in [0.15, 0.2) is 11.6 Å². The number of nitrogens with one attached hydrogen (secondary N) is 1. The van der Waals surface area contributed by atoms with Crippen LogP contribution < -0.4 is 5.32 Å². The maximum absolute atomic E-state index is 4.37. The van der Waals surface area contributed by atoms with Gasteiger partial charge in [-0.05, 0) is 39.4 Å². The molecule has 1 N–H and O–H groups in total. The molecule has 0 aromatic carbocycles. The molecule has 0 radical (unpaired) electrons. The van der Waals surface area contributed by atoms with Crippen molar-refractivity contribution in [3.8, 4) is 0 Å². The van der Waals surface area contributed by atoms with Gasteiger partial charge in [-0.1, -0.05) is 0 Å². The van der Waals surface area contributed by atoms with Crippen LogP contribution in [0.3, 0.4) is 0 Å². The Balaban J connectivity index is 1.87. The van der Waals surface area contributed by atoms with Crippen LogP contribution in [0.25, 0.3) is 0 Å². The molecule has 1 aliphatic rings. The van der Waals surface area contributed by atoms with Crippen molar-refractivity contribution in [3.63, 3.8) is 0 Å². The number of rotatable bonds is 4. The van der Waals surface area contributed by atoms with Gasteiger partial charge in [-0.25, -0.2) is 4.98 Å². The van der Waals surface area contributed by atoms with Crippen molar-refractivity contribution < 1.29 is 0 Å².